The molecule has 0 aromatic rings. The molecule has 2 heterocycles. The van der Waals surface area contributed by atoms with Crippen molar-refractivity contribution in [1.82, 2.24) is 9.80 Å². The molecule has 23 heavy (non-hydrogen) atoms. The van der Waals surface area contributed by atoms with Crippen LogP contribution in [0.5, 0.6) is 0 Å². The summed E-state index contributed by atoms with van der Waals surface area (Å²) in [6.07, 6.45) is 6.08. The van der Waals surface area contributed by atoms with Crippen LogP contribution in [0.2, 0.25) is 0 Å². The maximum atomic E-state index is 12.4. The lowest BCUT2D eigenvalue weighted by Crippen LogP contribution is -2.42. The summed E-state index contributed by atoms with van der Waals surface area (Å²) in [5.74, 6) is 0.182. The monoisotopic (exact) mass is 322 g/mol. The van der Waals surface area contributed by atoms with Crippen LogP contribution in [-0.2, 0) is 14.3 Å². The van der Waals surface area contributed by atoms with Crippen molar-refractivity contribution in [2.75, 3.05) is 13.6 Å². The van der Waals surface area contributed by atoms with Gasteiger partial charge in [0.15, 0.2) is 0 Å². The number of amides is 3. The number of carbonyl (C=O) groups is 3. The Morgan fingerprint density at radius 1 is 1.17 bits per heavy atom. The lowest BCUT2D eigenvalue weighted by molar-refractivity contribution is -0.146. The Morgan fingerprint density at radius 2 is 1.83 bits per heavy atom. The molecule has 2 saturated heterocycles. The summed E-state index contributed by atoms with van der Waals surface area (Å²) in [4.78, 5) is 39.4. The number of cyclic esters (lactones) is 1. The van der Waals surface area contributed by atoms with Crippen molar-refractivity contribution in [3.8, 4) is 0 Å². The molecule has 3 aliphatic rings. The van der Waals surface area contributed by atoms with E-state index in [-0.39, 0.29) is 36.5 Å². The van der Waals surface area contributed by atoms with Crippen LogP contribution in [0, 0.1) is 11.8 Å². The predicted octanol–water partition coefficient (Wildman–Crippen LogP) is 2.17. The third-order valence-corrected chi connectivity index (χ3v) is 5.77. The number of ether oxygens (including phenoxy) is 1. The second-order valence-corrected chi connectivity index (χ2v) is 7.69. The molecular weight excluding hydrogens is 296 g/mol. The van der Waals surface area contributed by atoms with Gasteiger partial charge in [0, 0.05) is 7.05 Å². The Balaban J connectivity index is 1.60. The summed E-state index contributed by atoms with van der Waals surface area (Å²) in [5, 5.41) is 0. The van der Waals surface area contributed by atoms with E-state index in [1.165, 1.54) is 35.5 Å². The van der Waals surface area contributed by atoms with Crippen LogP contribution in [0.3, 0.4) is 0 Å². The number of urea groups is 1. The van der Waals surface area contributed by atoms with Gasteiger partial charge in [0.2, 0.25) is 0 Å². The summed E-state index contributed by atoms with van der Waals surface area (Å²) in [6, 6.07) is -0.310. The van der Waals surface area contributed by atoms with Crippen molar-refractivity contribution in [3.05, 3.63) is 0 Å². The smallest absolute Gasteiger partial charge is 0.327 e. The van der Waals surface area contributed by atoms with Crippen LogP contribution >= 0.6 is 0 Å². The molecule has 0 N–H and O–H groups in total. The molecule has 1 aliphatic carbocycles. The normalized spacial score (nSPS) is 31.3. The fourth-order valence-corrected chi connectivity index (χ4v) is 4.02. The topological polar surface area (TPSA) is 66.9 Å². The fourth-order valence-electron chi connectivity index (χ4n) is 4.02. The third kappa shape index (κ3) is 2.83. The van der Waals surface area contributed by atoms with Crippen molar-refractivity contribution in [2.24, 2.45) is 11.8 Å². The lowest BCUT2D eigenvalue weighted by Gasteiger charge is -2.22. The summed E-state index contributed by atoms with van der Waals surface area (Å²) < 4.78 is 5.44. The maximum Gasteiger partial charge on any atom is 0.327 e. The van der Waals surface area contributed by atoms with Gasteiger partial charge in [0.05, 0.1) is 12.5 Å². The standard InChI is InChI=1S/C17H26N2O4/c1-17(2)15(21)19(16(22)18(17)3)10-13-9-12(14(20)23-13)8-11-6-4-5-7-11/h11-13H,4-10H2,1-3H3/t12-,13?/m1/s1. The lowest BCUT2D eigenvalue weighted by atomic mass is 9.91. The molecule has 0 bridgehead atoms. The second-order valence-electron chi connectivity index (χ2n) is 7.69. The van der Waals surface area contributed by atoms with Crippen molar-refractivity contribution in [2.45, 2.75) is 64.0 Å². The number of hydrogen-bond acceptors (Lipinski definition) is 4. The molecule has 1 unspecified atom stereocenters. The van der Waals surface area contributed by atoms with E-state index in [4.69, 9.17) is 4.74 Å². The minimum Gasteiger partial charge on any atom is -0.460 e. The van der Waals surface area contributed by atoms with Gasteiger partial charge in [0.1, 0.15) is 11.6 Å². The summed E-state index contributed by atoms with van der Waals surface area (Å²) in [6.45, 7) is 3.64. The molecule has 1 saturated carbocycles. The van der Waals surface area contributed by atoms with Crippen LogP contribution < -0.4 is 0 Å². The van der Waals surface area contributed by atoms with Gasteiger partial charge in [-0.3, -0.25) is 14.5 Å². The van der Waals surface area contributed by atoms with Gasteiger partial charge in [0.25, 0.3) is 5.91 Å². The van der Waals surface area contributed by atoms with Crippen LogP contribution in [0.15, 0.2) is 0 Å². The number of hydrogen-bond donors (Lipinski definition) is 0. The molecule has 0 spiro atoms. The first-order valence-electron chi connectivity index (χ1n) is 8.61. The third-order valence-electron chi connectivity index (χ3n) is 5.77. The largest absolute Gasteiger partial charge is 0.460 e. The van der Waals surface area contributed by atoms with Crippen LogP contribution in [0.25, 0.3) is 0 Å². The van der Waals surface area contributed by atoms with Crippen molar-refractivity contribution in [3.63, 3.8) is 0 Å². The Labute approximate surface area is 137 Å². The molecule has 2 aliphatic heterocycles. The molecule has 128 valence electrons. The highest BCUT2D eigenvalue weighted by Crippen LogP contribution is 2.36. The number of esters is 1. The average molecular weight is 322 g/mol. The molecule has 3 rings (SSSR count). The first-order valence-corrected chi connectivity index (χ1v) is 8.61. The van der Waals surface area contributed by atoms with E-state index < -0.39 is 5.54 Å². The molecule has 0 aromatic heterocycles. The number of imide groups is 1. The van der Waals surface area contributed by atoms with E-state index >= 15 is 0 Å². The zero-order valence-electron chi connectivity index (χ0n) is 14.2. The van der Waals surface area contributed by atoms with Gasteiger partial charge in [-0.1, -0.05) is 25.7 Å². The first-order chi connectivity index (χ1) is 10.8. The number of likely N-dealkylation sites (N-methyl/N-ethyl adjacent to an activating group) is 1. The highest BCUT2D eigenvalue weighted by molar-refractivity contribution is 6.06. The van der Waals surface area contributed by atoms with Gasteiger partial charge in [-0.25, -0.2) is 4.79 Å². The summed E-state index contributed by atoms with van der Waals surface area (Å²) >= 11 is 0. The van der Waals surface area contributed by atoms with Gasteiger partial charge in [-0.15, -0.1) is 0 Å². The van der Waals surface area contributed by atoms with Crippen molar-refractivity contribution in [1.29, 1.82) is 0 Å². The van der Waals surface area contributed by atoms with E-state index in [1.54, 1.807) is 20.9 Å². The van der Waals surface area contributed by atoms with Gasteiger partial charge in [-0.05, 0) is 32.6 Å². The number of carbonyl (C=O) groups excluding carboxylic acids is 3. The van der Waals surface area contributed by atoms with Gasteiger partial charge >= 0.3 is 12.0 Å². The summed E-state index contributed by atoms with van der Waals surface area (Å²) in [5.41, 5.74) is -0.830. The average Bonchev–Trinajstić information content (AvgIpc) is 3.16. The number of rotatable bonds is 4. The molecular formula is C17H26N2O4. The van der Waals surface area contributed by atoms with E-state index in [9.17, 15) is 14.4 Å². The zero-order chi connectivity index (χ0) is 16.8. The van der Waals surface area contributed by atoms with E-state index in [2.05, 4.69) is 0 Å². The van der Waals surface area contributed by atoms with Crippen LogP contribution in [-0.4, -0.2) is 52.9 Å². The Kier molecular flexibility index (Phi) is 4.10. The SMILES string of the molecule is CN1C(=O)N(CC2C[C@@H](CC3CCCC3)C(=O)O2)C(=O)C1(C)C. The molecule has 6 heteroatoms. The fraction of sp³-hybridized carbons (Fsp3) is 0.824. The highest BCUT2D eigenvalue weighted by Gasteiger charge is 2.50. The quantitative estimate of drug-likeness (QED) is 0.588. The minimum absolute atomic E-state index is 0.0679. The molecule has 3 fully saturated rings. The van der Waals surface area contributed by atoms with E-state index in [0.717, 1.165) is 6.42 Å². The minimum atomic E-state index is -0.830. The summed E-state index contributed by atoms with van der Waals surface area (Å²) in [7, 11) is 1.63. The molecule has 6 nitrogen and oxygen atoms in total. The maximum absolute atomic E-state index is 12.4. The molecule has 3 amide bonds. The second kappa shape index (κ2) is 5.80. The van der Waals surface area contributed by atoms with E-state index in [0.29, 0.717) is 12.3 Å². The molecule has 0 aromatic carbocycles. The molecule has 0 radical (unpaired) electrons. The Morgan fingerprint density at radius 3 is 2.39 bits per heavy atom. The van der Waals surface area contributed by atoms with Gasteiger partial charge in [-0.2, -0.15) is 0 Å². The highest BCUT2D eigenvalue weighted by atomic mass is 16.6. The van der Waals surface area contributed by atoms with E-state index in [1.807, 2.05) is 0 Å². The first kappa shape index (κ1) is 16.3. The van der Waals surface area contributed by atoms with Crippen molar-refractivity contribution >= 4 is 17.9 Å². The van der Waals surface area contributed by atoms with Gasteiger partial charge < -0.3 is 9.64 Å². The Bertz CT molecular complexity index is 525. The Hall–Kier alpha value is -1.59. The number of nitrogens with zero attached hydrogens (tertiary/aromatic N) is 2. The predicted molar refractivity (Wildman–Crippen MR) is 83.5 cm³/mol. The van der Waals surface area contributed by atoms with Crippen molar-refractivity contribution < 1.29 is 19.1 Å². The van der Waals surface area contributed by atoms with Crippen LogP contribution in [0.1, 0.15) is 52.4 Å². The zero-order valence-corrected chi connectivity index (χ0v) is 14.2. The van der Waals surface area contributed by atoms with Crippen LogP contribution in [0.4, 0.5) is 4.79 Å². The molecule has 2 atom stereocenters.